The van der Waals surface area contributed by atoms with Crippen molar-refractivity contribution in [3.05, 3.63) is 11.6 Å². The minimum atomic E-state index is -0.309. The number of fused-ring (bicyclic) bond motifs is 5. The average molecular weight is 304 g/mol. The molecule has 0 aromatic carbocycles. The third kappa shape index (κ3) is 1.91. The van der Waals surface area contributed by atoms with Gasteiger partial charge in [0.15, 0.2) is 5.78 Å². The Kier molecular flexibility index (Phi) is 3.50. The molecular formula is C19H28O3. The highest BCUT2D eigenvalue weighted by Crippen LogP contribution is 2.63. The Balaban J connectivity index is 1.69. The maximum atomic E-state index is 11.7. The molecule has 2 N–H and O–H groups in total. The van der Waals surface area contributed by atoms with E-state index in [1.807, 2.05) is 6.08 Å². The van der Waals surface area contributed by atoms with Crippen LogP contribution in [-0.4, -0.2) is 28.2 Å². The van der Waals surface area contributed by atoms with E-state index in [0.29, 0.717) is 30.1 Å². The van der Waals surface area contributed by atoms with Crippen LogP contribution in [0.1, 0.15) is 58.3 Å². The van der Waals surface area contributed by atoms with Gasteiger partial charge in [-0.25, -0.2) is 0 Å². The zero-order valence-electron chi connectivity index (χ0n) is 13.5. The molecule has 4 aliphatic carbocycles. The molecule has 22 heavy (non-hydrogen) atoms. The minimum Gasteiger partial charge on any atom is -0.393 e. The lowest BCUT2D eigenvalue weighted by Crippen LogP contribution is -2.54. The van der Waals surface area contributed by atoms with Gasteiger partial charge >= 0.3 is 0 Å². The smallest absolute Gasteiger partial charge is 0.155 e. The van der Waals surface area contributed by atoms with Crippen molar-refractivity contribution in [3.8, 4) is 0 Å². The third-order valence-electron chi connectivity index (χ3n) is 7.61. The van der Waals surface area contributed by atoms with Crippen LogP contribution in [0.4, 0.5) is 0 Å². The van der Waals surface area contributed by atoms with Gasteiger partial charge in [-0.1, -0.05) is 12.5 Å². The predicted molar refractivity (Wildman–Crippen MR) is 84.1 cm³/mol. The van der Waals surface area contributed by atoms with Crippen LogP contribution in [0.5, 0.6) is 0 Å². The Morgan fingerprint density at radius 2 is 2.00 bits per heavy atom. The van der Waals surface area contributed by atoms with Crippen LogP contribution in [0.2, 0.25) is 0 Å². The molecule has 4 aliphatic rings. The molecule has 0 amide bonds. The lowest BCUT2D eigenvalue weighted by atomic mass is 9.50. The van der Waals surface area contributed by atoms with E-state index >= 15 is 0 Å². The molecule has 0 radical (unpaired) electrons. The summed E-state index contributed by atoms with van der Waals surface area (Å²) in [6, 6.07) is 0. The number of carbonyl (C=O) groups excluding carboxylic acids is 1. The van der Waals surface area contributed by atoms with Crippen molar-refractivity contribution in [1.29, 1.82) is 0 Å². The fraction of sp³-hybridized carbons (Fsp3) is 0.842. The van der Waals surface area contributed by atoms with Crippen molar-refractivity contribution in [1.82, 2.24) is 0 Å². The molecule has 0 aromatic rings. The lowest BCUT2D eigenvalue weighted by Gasteiger charge is -2.56. The number of rotatable bonds is 1. The van der Waals surface area contributed by atoms with E-state index in [2.05, 4.69) is 6.92 Å². The second-order valence-corrected chi connectivity index (χ2v) is 8.17. The summed E-state index contributed by atoms with van der Waals surface area (Å²) >= 11 is 0. The molecule has 3 nitrogen and oxygen atoms in total. The average Bonchev–Trinajstić information content (AvgIpc) is 2.84. The first-order valence-corrected chi connectivity index (χ1v) is 9.16. The lowest BCUT2D eigenvalue weighted by molar-refractivity contribution is -0.131. The van der Waals surface area contributed by atoms with Crippen molar-refractivity contribution in [2.75, 3.05) is 0 Å². The van der Waals surface area contributed by atoms with E-state index in [1.54, 1.807) is 0 Å². The quantitative estimate of drug-likeness (QED) is 0.783. The normalized spacial score (nSPS) is 50.9. The first-order valence-electron chi connectivity index (χ1n) is 9.16. The minimum absolute atomic E-state index is 0.0493. The standard InChI is InChI=1S/C19H28O3/c1-2-19-10-16(21)18-13-6-4-12(20)9-11(13)3-5-14(18)15(19)7-8-17(19)22/h9,13-18,21-22H,2-8,10H2,1H3/t13-,14+,15+,16-,17+,18-,19+/m1/s1. The number of hydrogen-bond acceptors (Lipinski definition) is 3. The number of aliphatic hydroxyl groups is 2. The maximum Gasteiger partial charge on any atom is 0.155 e. The molecule has 0 unspecified atom stereocenters. The van der Waals surface area contributed by atoms with Gasteiger partial charge in [-0.15, -0.1) is 0 Å². The van der Waals surface area contributed by atoms with Crippen LogP contribution in [0, 0.1) is 29.1 Å². The Hall–Kier alpha value is -0.670. The Bertz CT molecular complexity index is 511. The molecule has 0 heterocycles. The summed E-state index contributed by atoms with van der Waals surface area (Å²) in [5.74, 6) is 2.12. The monoisotopic (exact) mass is 304 g/mol. The van der Waals surface area contributed by atoms with Crippen LogP contribution in [0.25, 0.3) is 0 Å². The topological polar surface area (TPSA) is 57.5 Å². The van der Waals surface area contributed by atoms with Gasteiger partial charge in [0.1, 0.15) is 0 Å². The highest BCUT2D eigenvalue weighted by atomic mass is 16.3. The number of carbonyl (C=O) groups is 1. The highest BCUT2D eigenvalue weighted by Gasteiger charge is 2.60. The number of allylic oxidation sites excluding steroid dienone is 1. The molecule has 3 fully saturated rings. The van der Waals surface area contributed by atoms with Crippen molar-refractivity contribution >= 4 is 5.78 Å². The van der Waals surface area contributed by atoms with Crippen LogP contribution in [0.15, 0.2) is 11.6 Å². The van der Waals surface area contributed by atoms with Crippen molar-refractivity contribution < 1.29 is 15.0 Å². The molecule has 0 spiro atoms. The second-order valence-electron chi connectivity index (χ2n) is 8.17. The molecule has 3 heteroatoms. The third-order valence-corrected chi connectivity index (χ3v) is 7.61. The number of aliphatic hydroxyl groups excluding tert-OH is 2. The van der Waals surface area contributed by atoms with Crippen LogP contribution in [-0.2, 0) is 4.79 Å². The van der Waals surface area contributed by atoms with Gasteiger partial charge in [0.2, 0.25) is 0 Å². The molecule has 4 rings (SSSR count). The summed E-state index contributed by atoms with van der Waals surface area (Å²) in [7, 11) is 0. The number of ketones is 1. The Morgan fingerprint density at radius 3 is 2.77 bits per heavy atom. The summed E-state index contributed by atoms with van der Waals surface area (Å²) in [5.41, 5.74) is 1.26. The van der Waals surface area contributed by atoms with Gasteiger partial charge in [0, 0.05) is 11.8 Å². The molecule has 0 aromatic heterocycles. The summed E-state index contributed by atoms with van der Waals surface area (Å²) in [6.07, 6.45) is 8.79. The van der Waals surface area contributed by atoms with Gasteiger partial charge in [-0.3, -0.25) is 4.79 Å². The largest absolute Gasteiger partial charge is 0.393 e. The van der Waals surface area contributed by atoms with Crippen LogP contribution < -0.4 is 0 Å². The van der Waals surface area contributed by atoms with E-state index in [-0.39, 0.29) is 23.4 Å². The van der Waals surface area contributed by atoms with Crippen LogP contribution >= 0.6 is 0 Å². The fourth-order valence-electron chi connectivity index (χ4n) is 6.67. The predicted octanol–water partition coefficient (Wildman–Crippen LogP) is 2.85. The van der Waals surface area contributed by atoms with Gasteiger partial charge in [0.05, 0.1) is 12.2 Å². The first-order chi connectivity index (χ1) is 10.6. The summed E-state index contributed by atoms with van der Waals surface area (Å²) in [6.45, 7) is 2.18. The first kappa shape index (κ1) is 14.9. The summed E-state index contributed by atoms with van der Waals surface area (Å²) < 4.78 is 0. The molecule has 0 bridgehead atoms. The molecule has 0 saturated heterocycles. The SMILES string of the molecule is CC[C@]12C[C@@H](O)[C@H]3[C@@H](CCC4=CC(=O)CC[C@H]43)[C@@H]1CC[C@@H]2O. The highest BCUT2D eigenvalue weighted by molar-refractivity contribution is 5.91. The molecule has 0 aliphatic heterocycles. The van der Waals surface area contributed by atoms with Crippen molar-refractivity contribution in [2.24, 2.45) is 29.1 Å². The zero-order chi connectivity index (χ0) is 15.5. The summed E-state index contributed by atoms with van der Waals surface area (Å²) in [4.78, 5) is 11.7. The van der Waals surface area contributed by atoms with E-state index < -0.39 is 0 Å². The zero-order valence-corrected chi connectivity index (χ0v) is 13.5. The van der Waals surface area contributed by atoms with Crippen molar-refractivity contribution in [2.45, 2.75) is 70.5 Å². The molecule has 122 valence electrons. The maximum absolute atomic E-state index is 11.7. The molecular weight excluding hydrogens is 276 g/mol. The van der Waals surface area contributed by atoms with E-state index in [9.17, 15) is 15.0 Å². The molecule has 3 saturated carbocycles. The van der Waals surface area contributed by atoms with E-state index in [1.165, 1.54) is 5.57 Å². The van der Waals surface area contributed by atoms with Gasteiger partial charge in [-0.05, 0) is 74.7 Å². The van der Waals surface area contributed by atoms with Gasteiger partial charge in [-0.2, -0.15) is 0 Å². The van der Waals surface area contributed by atoms with Gasteiger partial charge < -0.3 is 10.2 Å². The fourth-order valence-corrected chi connectivity index (χ4v) is 6.67. The Morgan fingerprint density at radius 1 is 1.18 bits per heavy atom. The summed E-state index contributed by atoms with van der Waals surface area (Å²) in [5, 5.41) is 21.5. The number of hydrogen-bond donors (Lipinski definition) is 2. The van der Waals surface area contributed by atoms with Gasteiger partial charge in [0.25, 0.3) is 0 Å². The van der Waals surface area contributed by atoms with Crippen molar-refractivity contribution in [3.63, 3.8) is 0 Å². The van der Waals surface area contributed by atoms with E-state index in [4.69, 9.17) is 0 Å². The van der Waals surface area contributed by atoms with E-state index in [0.717, 1.165) is 44.9 Å². The van der Waals surface area contributed by atoms with Crippen LogP contribution in [0.3, 0.4) is 0 Å². The molecule has 7 atom stereocenters. The Labute approximate surface area is 132 Å². The second kappa shape index (κ2) is 5.17.